The molecule has 0 unspecified atom stereocenters. The molecule has 6 nitrogen and oxygen atoms in total. The van der Waals surface area contributed by atoms with Crippen molar-refractivity contribution in [1.82, 2.24) is 10.3 Å². The molecule has 1 heterocycles. The molecule has 0 fully saturated rings. The van der Waals surface area contributed by atoms with Crippen LogP contribution in [0.4, 0.5) is 9.93 Å². The summed E-state index contributed by atoms with van der Waals surface area (Å²) in [6.45, 7) is 4.16. The van der Waals surface area contributed by atoms with Crippen molar-refractivity contribution in [2.75, 3.05) is 18.5 Å². The van der Waals surface area contributed by atoms with Crippen LogP contribution in [0.3, 0.4) is 0 Å². The molecule has 0 saturated carbocycles. The number of ether oxygens (including phenoxy) is 1. The summed E-state index contributed by atoms with van der Waals surface area (Å²) < 4.78 is 4.72. The summed E-state index contributed by atoms with van der Waals surface area (Å²) in [4.78, 5) is 28.4. The van der Waals surface area contributed by atoms with E-state index < -0.39 is 6.09 Å². The first-order valence-electron chi connectivity index (χ1n) is 7.33. The highest BCUT2D eigenvalue weighted by Gasteiger charge is 2.12. The van der Waals surface area contributed by atoms with Gasteiger partial charge in [-0.1, -0.05) is 41.7 Å². The van der Waals surface area contributed by atoms with Gasteiger partial charge in [0.25, 0.3) is 0 Å². The van der Waals surface area contributed by atoms with E-state index in [9.17, 15) is 9.59 Å². The zero-order valence-electron chi connectivity index (χ0n) is 13.1. The van der Waals surface area contributed by atoms with Crippen LogP contribution in [0.2, 0.25) is 0 Å². The van der Waals surface area contributed by atoms with Crippen LogP contribution >= 0.6 is 11.3 Å². The average molecular weight is 333 g/mol. The second-order valence-electron chi connectivity index (χ2n) is 4.75. The monoisotopic (exact) mass is 333 g/mol. The van der Waals surface area contributed by atoms with E-state index in [1.165, 1.54) is 11.3 Å². The van der Waals surface area contributed by atoms with E-state index in [2.05, 4.69) is 15.6 Å². The number of hydrogen-bond donors (Lipinski definition) is 2. The molecule has 1 aromatic carbocycles. The Bertz CT molecular complexity index is 670. The van der Waals surface area contributed by atoms with Crippen molar-refractivity contribution < 1.29 is 14.3 Å². The number of thiazole rings is 1. The number of carbonyl (C=O) groups is 2. The van der Waals surface area contributed by atoms with Crippen molar-refractivity contribution in [1.29, 1.82) is 0 Å². The van der Waals surface area contributed by atoms with Gasteiger partial charge in [0, 0.05) is 13.0 Å². The van der Waals surface area contributed by atoms with E-state index >= 15 is 0 Å². The maximum atomic E-state index is 11.9. The largest absolute Gasteiger partial charge is 0.450 e. The molecule has 0 spiro atoms. The van der Waals surface area contributed by atoms with Crippen molar-refractivity contribution in [3.05, 3.63) is 36.0 Å². The Balaban J connectivity index is 1.89. The van der Waals surface area contributed by atoms with E-state index in [-0.39, 0.29) is 18.9 Å². The van der Waals surface area contributed by atoms with Crippen molar-refractivity contribution in [2.24, 2.45) is 0 Å². The predicted octanol–water partition coefficient (Wildman–Crippen LogP) is 3.19. The number of amides is 2. The topological polar surface area (TPSA) is 80.3 Å². The number of aryl methyl sites for hydroxylation is 1. The highest BCUT2D eigenvalue weighted by molar-refractivity contribution is 7.19. The molecule has 0 atom stereocenters. The SMILES string of the molecule is CCOC(=O)NCCC(=O)Nc1nc(C)c(-c2ccccc2)s1. The van der Waals surface area contributed by atoms with Gasteiger partial charge in [0.2, 0.25) is 5.91 Å². The molecule has 2 rings (SSSR count). The van der Waals surface area contributed by atoms with Gasteiger partial charge in [-0.05, 0) is 19.4 Å². The summed E-state index contributed by atoms with van der Waals surface area (Å²) in [5, 5.41) is 5.82. The third-order valence-electron chi connectivity index (χ3n) is 2.98. The van der Waals surface area contributed by atoms with Crippen LogP contribution in [-0.2, 0) is 9.53 Å². The molecule has 122 valence electrons. The molecule has 0 aliphatic heterocycles. The molecule has 0 bridgehead atoms. The molecular formula is C16H19N3O3S. The molecule has 2 N–H and O–H groups in total. The molecule has 0 saturated heterocycles. The van der Waals surface area contributed by atoms with Crippen molar-refractivity contribution in [3.8, 4) is 10.4 Å². The van der Waals surface area contributed by atoms with Crippen LogP contribution in [0.1, 0.15) is 19.0 Å². The van der Waals surface area contributed by atoms with Gasteiger partial charge in [0.15, 0.2) is 5.13 Å². The molecule has 2 amide bonds. The predicted molar refractivity (Wildman–Crippen MR) is 90.6 cm³/mol. The first kappa shape index (κ1) is 17.0. The normalized spacial score (nSPS) is 10.2. The molecule has 2 aromatic rings. The van der Waals surface area contributed by atoms with Crippen LogP contribution in [0, 0.1) is 6.92 Å². The summed E-state index contributed by atoms with van der Waals surface area (Å²) in [6.07, 6.45) is -0.352. The standard InChI is InChI=1S/C16H19N3O3S/c1-3-22-16(21)17-10-9-13(20)19-15-18-11(2)14(23-15)12-7-5-4-6-8-12/h4-8H,3,9-10H2,1-2H3,(H,17,21)(H,18,19,20). The van der Waals surface area contributed by atoms with Gasteiger partial charge in [0.05, 0.1) is 17.2 Å². The van der Waals surface area contributed by atoms with Crippen LogP contribution in [0.25, 0.3) is 10.4 Å². The van der Waals surface area contributed by atoms with E-state index in [0.717, 1.165) is 16.1 Å². The summed E-state index contributed by atoms with van der Waals surface area (Å²) in [7, 11) is 0. The Kier molecular flexibility index (Phi) is 6.10. The van der Waals surface area contributed by atoms with Gasteiger partial charge in [-0.3, -0.25) is 4.79 Å². The first-order valence-corrected chi connectivity index (χ1v) is 8.15. The Morgan fingerprint density at radius 3 is 2.70 bits per heavy atom. The van der Waals surface area contributed by atoms with Crippen molar-refractivity contribution >= 4 is 28.5 Å². The maximum Gasteiger partial charge on any atom is 0.407 e. The number of hydrogen-bond acceptors (Lipinski definition) is 5. The number of rotatable bonds is 6. The van der Waals surface area contributed by atoms with Gasteiger partial charge in [-0.2, -0.15) is 0 Å². The number of benzene rings is 1. The number of anilines is 1. The van der Waals surface area contributed by atoms with Gasteiger partial charge >= 0.3 is 6.09 Å². The minimum atomic E-state index is -0.517. The smallest absolute Gasteiger partial charge is 0.407 e. The number of alkyl carbamates (subject to hydrolysis) is 1. The maximum absolute atomic E-state index is 11.9. The molecule has 23 heavy (non-hydrogen) atoms. The minimum absolute atomic E-state index is 0.165. The second-order valence-corrected chi connectivity index (χ2v) is 5.74. The van der Waals surface area contributed by atoms with Crippen LogP contribution in [-0.4, -0.2) is 30.1 Å². The number of aromatic nitrogens is 1. The summed E-state index contributed by atoms with van der Waals surface area (Å²) >= 11 is 1.43. The zero-order chi connectivity index (χ0) is 16.7. The lowest BCUT2D eigenvalue weighted by molar-refractivity contribution is -0.116. The van der Waals surface area contributed by atoms with E-state index in [1.807, 2.05) is 37.3 Å². The number of carbonyl (C=O) groups excluding carboxylic acids is 2. The Morgan fingerprint density at radius 2 is 2.00 bits per heavy atom. The van der Waals surface area contributed by atoms with Crippen LogP contribution in [0.5, 0.6) is 0 Å². The Morgan fingerprint density at radius 1 is 1.26 bits per heavy atom. The fourth-order valence-corrected chi connectivity index (χ4v) is 2.94. The van der Waals surface area contributed by atoms with Gasteiger partial charge in [-0.25, -0.2) is 9.78 Å². The summed E-state index contributed by atoms with van der Waals surface area (Å²) in [5.74, 6) is -0.199. The lowest BCUT2D eigenvalue weighted by Crippen LogP contribution is -2.28. The highest BCUT2D eigenvalue weighted by Crippen LogP contribution is 2.32. The van der Waals surface area contributed by atoms with Crippen LogP contribution < -0.4 is 10.6 Å². The molecule has 0 radical (unpaired) electrons. The number of nitrogens with one attached hydrogen (secondary N) is 2. The molecular weight excluding hydrogens is 314 g/mol. The third kappa shape index (κ3) is 5.07. The lowest BCUT2D eigenvalue weighted by Gasteiger charge is -2.04. The Labute approximate surface area is 138 Å². The second kappa shape index (κ2) is 8.28. The summed E-state index contributed by atoms with van der Waals surface area (Å²) in [5.41, 5.74) is 1.95. The molecule has 0 aliphatic rings. The zero-order valence-corrected chi connectivity index (χ0v) is 13.9. The quantitative estimate of drug-likeness (QED) is 0.851. The molecule has 1 aromatic heterocycles. The van der Waals surface area contributed by atoms with Gasteiger partial charge < -0.3 is 15.4 Å². The van der Waals surface area contributed by atoms with E-state index in [1.54, 1.807) is 6.92 Å². The minimum Gasteiger partial charge on any atom is -0.450 e. The fourth-order valence-electron chi connectivity index (χ4n) is 1.95. The molecule has 7 heteroatoms. The lowest BCUT2D eigenvalue weighted by atomic mass is 10.2. The first-order chi connectivity index (χ1) is 11.1. The average Bonchev–Trinajstić information content (AvgIpc) is 2.89. The number of nitrogens with zero attached hydrogens (tertiary/aromatic N) is 1. The van der Waals surface area contributed by atoms with Gasteiger partial charge in [-0.15, -0.1) is 0 Å². The fraction of sp³-hybridized carbons (Fsp3) is 0.312. The summed E-state index contributed by atoms with van der Waals surface area (Å²) in [6, 6.07) is 9.91. The molecule has 0 aliphatic carbocycles. The van der Waals surface area contributed by atoms with E-state index in [0.29, 0.717) is 11.7 Å². The van der Waals surface area contributed by atoms with E-state index in [4.69, 9.17) is 4.74 Å². The Hall–Kier alpha value is -2.41. The van der Waals surface area contributed by atoms with Gasteiger partial charge in [0.1, 0.15) is 0 Å². The third-order valence-corrected chi connectivity index (χ3v) is 4.10. The highest BCUT2D eigenvalue weighted by atomic mass is 32.1. The van der Waals surface area contributed by atoms with Crippen molar-refractivity contribution in [2.45, 2.75) is 20.3 Å². The van der Waals surface area contributed by atoms with Crippen molar-refractivity contribution in [3.63, 3.8) is 0 Å². The van der Waals surface area contributed by atoms with Crippen LogP contribution in [0.15, 0.2) is 30.3 Å².